The molecule has 3 rings (SSSR count). The average molecular weight is 321 g/mol. The Kier molecular flexibility index (Phi) is 5.28. The number of benzene rings is 1. The molecule has 0 spiro atoms. The van der Waals surface area contributed by atoms with Crippen molar-refractivity contribution >= 4 is 5.91 Å². The second kappa shape index (κ2) is 7.41. The number of amides is 1. The van der Waals surface area contributed by atoms with Crippen LogP contribution in [0.1, 0.15) is 35.2 Å². The van der Waals surface area contributed by atoms with Gasteiger partial charge in [0, 0.05) is 31.8 Å². The van der Waals surface area contributed by atoms with Crippen molar-refractivity contribution in [3.8, 4) is 0 Å². The molecule has 1 aromatic carbocycles. The molecule has 4 nitrogen and oxygen atoms in total. The van der Waals surface area contributed by atoms with Crippen LogP contribution in [0.15, 0.2) is 18.2 Å². The third kappa shape index (κ3) is 3.72. The van der Waals surface area contributed by atoms with Gasteiger partial charge in [-0.15, -0.1) is 0 Å². The van der Waals surface area contributed by atoms with Gasteiger partial charge in [-0.1, -0.05) is 12.1 Å². The Balaban J connectivity index is 1.71. The van der Waals surface area contributed by atoms with Gasteiger partial charge in [-0.3, -0.25) is 4.79 Å². The van der Waals surface area contributed by atoms with E-state index in [0.717, 1.165) is 32.5 Å². The highest BCUT2D eigenvalue weighted by Crippen LogP contribution is 2.30. The predicted molar refractivity (Wildman–Crippen MR) is 84.9 cm³/mol. The lowest BCUT2D eigenvalue weighted by molar-refractivity contribution is -0.0259. The summed E-state index contributed by atoms with van der Waals surface area (Å²) in [5.74, 6) is 0.0241. The largest absolute Gasteiger partial charge is 0.381 e. The molecule has 5 heteroatoms. The van der Waals surface area contributed by atoms with Crippen LogP contribution in [0.5, 0.6) is 0 Å². The third-order valence-corrected chi connectivity index (χ3v) is 5.02. The molecule has 2 saturated heterocycles. The van der Waals surface area contributed by atoms with Gasteiger partial charge in [0.1, 0.15) is 5.82 Å². The van der Waals surface area contributed by atoms with Crippen molar-refractivity contribution in [3.63, 3.8) is 0 Å². The van der Waals surface area contributed by atoms with Crippen molar-refractivity contribution in [1.29, 1.82) is 0 Å². The van der Waals surface area contributed by atoms with E-state index < -0.39 is 5.82 Å². The average Bonchev–Trinajstić information content (AvgIpc) is 2.58. The highest BCUT2D eigenvalue weighted by Gasteiger charge is 2.34. The summed E-state index contributed by atoms with van der Waals surface area (Å²) in [4.78, 5) is 12.5. The first-order valence-corrected chi connectivity index (χ1v) is 8.38. The van der Waals surface area contributed by atoms with Gasteiger partial charge in [0.25, 0.3) is 5.91 Å². The van der Waals surface area contributed by atoms with E-state index in [1.54, 1.807) is 25.1 Å². The number of nitrogens with one attached hydrogen (secondary N) is 1. The number of aryl methyl sites for hydroxylation is 1. The normalized spacial score (nSPS) is 26.0. The number of hydrogen-bond donors (Lipinski definition) is 1. The van der Waals surface area contributed by atoms with Crippen molar-refractivity contribution in [1.82, 2.24) is 5.32 Å². The van der Waals surface area contributed by atoms with E-state index >= 15 is 0 Å². The zero-order valence-corrected chi connectivity index (χ0v) is 13.5. The van der Waals surface area contributed by atoms with E-state index in [1.807, 2.05) is 0 Å². The van der Waals surface area contributed by atoms with E-state index in [9.17, 15) is 9.18 Å². The van der Waals surface area contributed by atoms with Crippen molar-refractivity contribution in [3.05, 3.63) is 35.1 Å². The summed E-state index contributed by atoms with van der Waals surface area (Å²) in [5, 5.41) is 3.05. The molecule has 1 N–H and O–H groups in total. The highest BCUT2D eigenvalue weighted by molar-refractivity contribution is 5.94. The molecule has 2 heterocycles. The molecule has 2 aliphatic heterocycles. The van der Waals surface area contributed by atoms with Gasteiger partial charge < -0.3 is 14.8 Å². The van der Waals surface area contributed by atoms with Crippen molar-refractivity contribution in [2.75, 3.05) is 26.4 Å². The second-order valence-corrected chi connectivity index (χ2v) is 6.49. The van der Waals surface area contributed by atoms with Crippen molar-refractivity contribution < 1.29 is 18.7 Å². The SMILES string of the molecule is Cc1cccc(C(=O)N[C@@H]2CCOC[C@@H]2C2CCOCC2)c1F. The van der Waals surface area contributed by atoms with Gasteiger partial charge in [-0.2, -0.15) is 0 Å². The van der Waals surface area contributed by atoms with Gasteiger partial charge in [0.15, 0.2) is 0 Å². The lowest BCUT2D eigenvalue weighted by Crippen LogP contribution is -2.49. The second-order valence-electron chi connectivity index (χ2n) is 6.49. The van der Waals surface area contributed by atoms with Crippen LogP contribution in [0.25, 0.3) is 0 Å². The van der Waals surface area contributed by atoms with Gasteiger partial charge in [0.2, 0.25) is 0 Å². The van der Waals surface area contributed by atoms with Gasteiger partial charge >= 0.3 is 0 Å². The molecule has 0 bridgehead atoms. The zero-order chi connectivity index (χ0) is 16.2. The maximum atomic E-state index is 14.2. The van der Waals surface area contributed by atoms with E-state index in [2.05, 4.69) is 5.32 Å². The lowest BCUT2D eigenvalue weighted by atomic mass is 9.79. The maximum Gasteiger partial charge on any atom is 0.254 e. The minimum absolute atomic E-state index is 0.0410. The van der Waals surface area contributed by atoms with Crippen molar-refractivity contribution in [2.24, 2.45) is 11.8 Å². The summed E-state index contributed by atoms with van der Waals surface area (Å²) < 4.78 is 25.2. The zero-order valence-electron chi connectivity index (χ0n) is 13.5. The van der Waals surface area contributed by atoms with E-state index in [-0.39, 0.29) is 23.4 Å². The smallest absolute Gasteiger partial charge is 0.254 e. The fraction of sp³-hybridized carbons (Fsp3) is 0.611. The fourth-order valence-electron chi connectivity index (χ4n) is 3.62. The Bertz CT molecular complexity index is 557. The van der Waals surface area contributed by atoms with Crippen LogP contribution >= 0.6 is 0 Å². The Hall–Kier alpha value is -1.46. The Labute approximate surface area is 136 Å². The van der Waals surface area contributed by atoms with Gasteiger partial charge in [-0.05, 0) is 43.7 Å². The van der Waals surface area contributed by atoms with Gasteiger partial charge in [0.05, 0.1) is 12.2 Å². The number of carbonyl (C=O) groups is 1. The lowest BCUT2D eigenvalue weighted by Gasteiger charge is -2.39. The van der Waals surface area contributed by atoms with Crippen LogP contribution in [0.2, 0.25) is 0 Å². The van der Waals surface area contributed by atoms with Crippen LogP contribution in [0.4, 0.5) is 4.39 Å². The van der Waals surface area contributed by atoms with E-state index in [0.29, 0.717) is 24.7 Å². The summed E-state index contributed by atoms with van der Waals surface area (Å²) in [7, 11) is 0. The van der Waals surface area contributed by atoms with E-state index in [4.69, 9.17) is 9.47 Å². The predicted octanol–water partition coefficient (Wildman–Crippen LogP) is 2.70. The molecule has 0 aliphatic carbocycles. The minimum Gasteiger partial charge on any atom is -0.381 e. The number of hydrogen-bond acceptors (Lipinski definition) is 3. The Morgan fingerprint density at radius 1 is 1.17 bits per heavy atom. The quantitative estimate of drug-likeness (QED) is 0.931. The molecular weight excluding hydrogens is 297 g/mol. The highest BCUT2D eigenvalue weighted by atomic mass is 19.1. The van der Waals surface area contributed by atoms with Gasteiger partial charge in [-0.25, -0.2) is 4.39 Å². The first-order chi connectivity index (χ1) is 11.2. The van der Waals surface area contributed by atoms with E-state index in [1.165, 1.54) is 0 Å². The summed E-state index contributed by atoms with van der Waals surface area (Å²) >= 11 is 0. The first-order valence-electron chi connectivity index (χ1n) is 8.38. The number of ether oxygens (including phenoxy) is 2. The number of halogens is 1. The third-order valence-electron chi connectivity index (χ3n) is 5.02. The molecule has 1 amide bonds. The van der Waals surface area contributed by atoms with Crippen LogP contribution in [0, 0.1) is 24.6 Å². The number of rotatable bonds is 3. The molecule has 126 valence electrons. The summed E-state index contributed by atoms with van der Waals surface area (Å²) in [6, 6.07) is 4.97. The first kappa shape index (κ1) is 16.4. The Morgan fingerprint density at radius 3 is 2.70 bits per heavy atom. The molecule has 0 saturated carbocycles. The minimum atomic E-state index is -0.431. The molecule has 2 aliphatic rings. The van der Waals surface area contributed by atoms with Crippen LogP contribution in [-0.4, -0.2) is 38.4 Å². The maximum absolute atomic E-state index is 14.2. The molecular formula is C18H24FNO3. The summed E-state index contributed by atoms with van der Waals surface area (Å²) in [5.41, 5.74) is 0.618. The number of carbonyl (C=O) groups excluding carboxylic acids is 1. The molecule has 0 aromatic heterocycles. The molecule has 2 atom stereocenters. The topological polar surface area (TPSA) is 47.6 Å². The molecule has 23 heavy (non-hydrogen) atoms. The molecule has 0 unspecified atom stereocenters. The summed E-state index contributed by atoms with van der Waals surface area (Å²) in [6.45, 7) is 4.51. The molecule has 0 radical (unpaired) electrons. The van der Waals surface area contributed by atoms with Crippen LogP contribution < -0.4 is 5.32 Å². The van der Waals surface area contributed by atoms with Crippen LogP contribution in [-0.2, 0) is 9.47 Å². The summed E-state index contributed by atoms with van der Waals surface area (Å²) in [6.07, 6.45) is 2.78. The fourth-order valence-corrected chi connectivity index (χ4v) is 3.62. The van der Waals surface area contributed by atoms with Crippen molar-refractivity contribution in [2.45, 2.75) is 32.2 Å². The van der Waals surface area contributed by atoms with Crippen LogP contribution in [0.3, 0.4) is 0 Å². The monoisotopic (exact) mass is 321 g/mol. The Morgan fingerprint density at radius 2 is 1.91 bits per heavy atom. The standard InChI is InChI=1S/C18H24FNO3/c1-12-3-2-4-14(17(12)19)18(21)20-16-7-10-23-11-15(16)13-5-8-22-9-6-13/h2-4,13,15-16H,5-11H2,1H3,(H,20,21)/t15-,16-/m1/s1. The molecule has 1 aromatic rings. The molecule has 2 fully saturated rings.